The van der Waals surface area contributed by atoms with Crippen LogP contribution in [0.15, 0.2) is 0 Å². The number of carbonyl (C=O) groups is 1. The van der Waals surface area contributed by atoms with Gasteiger partial charge in [0.2, 0.25) is 0 Å². The van der Waals surface area contributed by atoms with Gasteiger partial charge in [-0.2, -0.15) is 0 Å². The van der Waals surface area contributed by atoms with Crippen LogP contribution < -0.4 is 0 Å². The summed E-state index contributed by atoms with van der Waals surface area (Å²) in [5.74, 6) is 0.546. The highest BCUT2D eigenvalue weighted by atomic mass is 16.5. The van der Waals surface area contributed by atoms with E-state index in [1.807, 2.05) is 4.68 Å². The van der Waals surface area contributed by atoms with Gasteiger partial charge in [-0.05, 0) is 16.8 Å². The van der Waals surface area contributed by atoms with E-state index in [1.54, 1.807) is 0 Å². The van der Waals surface area contributed by atoms with Crippen LogP contribution in [0.4, 0.5) is 0 Å². The SMILES string of the molecule is CCCCCCCCCCCCn1nnnc1CCC(=O)OC. The van der Waals surface area contributed by atoms with Crippen molar-refractivity contribution < 1.29 is 9.53 Å². The maximum atomic E-state index is 11.2. The Morgan fingerprint density at radius 1 is 1.00 bits per heavy atom. The predicted molar refractivity (Wildman–Crippen MR) is 90.0 cm³/mol. The zero-order valence-corrected chi connectivity index (χ0v) is 14.8. The van der Waals surface area contributed by atoms with Crippen molar-refractivity contribution in [2.24, 2.45) is 0 Å². The van der Waals surface area contributed by atoms with Crippen LogP contribution in [0.3, 0.4) is 0 Å². The molecule has 0 aromatic carbocycles. The molecule has 0 saturated heterocycles. The lowest BCUT2D eigenvalue weighted by Crippen LogP contribution is -2.09. The minimum atomic E-state index is -0.224. The summed E-state index contributed by atoms with van der Waals surface area (Å²) < 4.78 is 6.45. The molecule has 0 aliphatic rings. The highest BCUT2D eigenvalue weighted by molar-refractivity contribution is 5.69. The molecule has 0 fully saturated rings. The molecule has 132 valence electrons. The minimum Gasteiger partial charge on any atom is -0.469 e. The lowest BCUT2D eigenvalue weighted by Gasteiger charge is -2.05. The quantitative estimate of drug-likeness (QED) is 0.385. The van der Waals surface area contributed by atoms with Gasteiger partial charge in [0, 0.05) is 13.0 Å². The van der Waals surface area contributed by atoms with Crippen molar-refractivity contribution in [3.8, 4) is 0 Å². The molecule has 6 heteroatoms. The molecule has 0 bridgehead atoms. The van der Waals surface area contributed by atoms with Crippen molar-refractivity contribution in [2.45, 2.75) is 90.5 Å². The summed E-state index contributed by atoms with van der Waals surface area (Å²) in [6, 6.07) is 0. The van der Waals surface area contributed by atoms with Crippen LogP contribution in [0, 0.1) is 0 Å². The van der Waals surface area contributed by atoms with Crippen molar-refractivity contribution >= 4 is 5.97 Å². The summed E-state index contributed by atoms with van der Waals surface area (Å²) in [5, 5.41) is 11.7. The van der Waals surface area contributed by atoms with Gasteiger partial charge in [-0.15, -0.1) is 5.10 Å². The van der Waals surface area contributed by atoms with E-state index in [4.69, 9.17) is 0 Å². The normalized spacial score (nSPS) is 10.9. The number of carbonyl (C=O) groups excluding carboxylic acids is 1. The van der Waals surface area contributed by atoms with E-state index in [0.717, 1.165) is 18.8 Å². The van der Waals surface area contributed by atoms with Gasteiger partial charge in [0.15, 0.2) is 5.82 Å². The van der Waals surface area contributed by atoms with Gasteiger partial charge in [-0.3, -0.25) is 4.79 Å². The number of ether oxygens (including phenoxy) is 1. The molecule has 0 radical (unpaired) electrons. The fraction of sp³-hybridized carbons (Fsp3) is 0.882. The molecule has 0 unspecified atom stereocenters. The summed E-state index contributed by atoms with van der Waals surface area (Å²) in [6.45, 7) is 3.09. The molecule has 0 aliphatic carbocycles. The van der Waals surface area contributed by atoms with E-state index in [1.165, 1.54) is 64.9 Å². The molecule has 23 heavy (non-hydrogen) atoms. The van der Waals surface area contributed by atoms with E-state index in [0.29, 0.717) is 12.8 Å². The number of unbranched alkanes of at least 4 members (excludes halogenated alkanes) is 9. The largest absolute Gasteiger partial charge is 0.469 e. The predicted octanol–water partition coefficient (Wildman–Crippen LogP) is 3.70. The van der Waals surface area contributed by atoms with Gasteiger partial charge >= 0.3 is 5.97 Å². The molecule has 0 amide bonds. The first-order valence-corrected chi connectivity index (χ1v) is 9.09. The maximum absolute atomic E-state index is 11.2. The van der Waals surface area contributed by atoms with Crippen molar-refractivity contribution in [1.29, 1.82) is 0 Å². The first kappa shape index (κ1) is 19.6. The summed E-state index contributed by atoms with van der Waals surface area (Å²) in [4.78, 5) is 11.2. The first-order chi connectivity index (χ1) is 11.3. The third-order valence-corrected chi connectivity index (χ3v) is 4.11. The number of rotatable bonds is 14. The van der Waals surface area contributed by atoms with Crippen LogP contribution in [0.5, 0.6) is 0 Å². The highest BCUT2D eigenvalue weighted by Crippen LogP contribution is 2.11. The number of tetrazole rings is 1. The Hall–Kier alpha value is -1.46. The van der Waals surface area contributed by atoms with E-state index < -0.39 is 0 Å². The average Bonchev–Trinajstić information content (AvgIpc) is 3.01. The Balaban J connectivity index is 2.03. The van der Waals surface area contributed by atoms with Crippen molar-refractivity contribution in [3.63, 3.8) is 0 Å². The molecule has 0 aliphatic heterocycles. The number of aryl methyl sites for hydroxylation is 2. The highest BCUT2D eigenvalue weighted by Gasteiger charge is 2.08. The second-order valence-electron chi connectivity index (χ2n) is 6.08. The second kappa shape index (κ2) is 13.0. The number of hydrogen-bond acceptors (Lipinski definition) is 5. The maximum Gasteiger partial charge on any atom is 0.305 e. The summed E-state index contributed by atoms with van der Waals surface area (Å²) in [6.07, 6.45) is 14.0. The Morgan fingerprint density at radius 2 is 1.61 bits per heavy atom. The van der Waals surface area contributed by atoms with Gasteiger partial charge < -0.3 is 4.74 Å². The third-order valence-electron chi connectivity index (χ3n) is 4.11. The monoisotopic (exact) mass is 324 g/mol. The van der Waals surface area contributed by atoms with Crippen molar-refractivity contribution in [2.75, 3.05) is 7.11 Å². The second-order valence-corrected chi connectivity index (χ2v) is 6.08. The van der Waals surface area contributed by atoms with Gasteiger partial charge in [0.05, 0.1) is 13.5 Å². The molecular formula is C17H32N4O2. The van der Waals surface area contributed by atoms with E-state index in [2.05, 4.69) is 27.2 Å². The van der Waals surface area contributed by atoms with Crippen LogP contribution in [0.2, 0.25) is 0 Å². The Labute approximate surface area is 140 Å². The molecule has 0 N–H and O–H groups in total. The van der Waals surface area contributed by atoms with Gasteiger partial charge in [0.25, 0.3) is 0 Å². The van der Waals surface area contributed by atoms with E-state index in [9.17, 15) is 4.79 Å². The zero-order valence-electron chi connectivity index (χ0n) is 14.8. The van der Waals surface area contributed by atoms with Crippen LogP contribution in [-0.2, 0) is 22.5 Å². The van der Waals surface area contributed by atoms with Crippen molar-refractivity contribution in [1.82, 2.24) is 20.2 Å². The zero-order chi connectivity index (χ0) is 16.8. The average molecular weight is 324 g/mol. The summed E-state index contributed by atoms with van der Waals surface area (Å²) >= 11 is 0. The molecular weight excluding hydrogens is 292 g/mol. The van der Waals surface area contributed by atoms with Gasteiger partial charge in [-0.25, -0.2) is 4.68 Å². The Bertz CT molecular complexity index is 420. The van der Waals surface area contributed by atoms with E-state index >= 15 is 0 Å². The standard InChI is InChI=1S/C17H32N4O2/c1-3-4-5-6-7-8-9-10-11-12-15-21-16(18-19-20-21)13-14-17(22)23-2/h3-15H2,1-2H3. The van der Waals surface area contributed by atoms with Crippen LogP contribution in [0.1, 0.15) is 83.4 Å². The summed E-state index contributed by atoms with van der Waals surface area (Å²) in [5.41, 5.74) is 0. The lowest BCUT2D eigenvalue weighted by molar-refractivity contribution is -0.140. The van der Waals surface area contributed by atoms with Crippen LogP contribution in [0.25, 0.3) is 0 Å². The number of esters is 1. The van der Waals surface area contributed by atoms with E-state index in [-0.39, 0.29) is 5.97 Å². The lowest BCUT2D eigenvalue weighted by atomic mass is 10.1. The Morgan fingerprint density at radius 3 is 2.22 bits per heavy atom. The fourth-order valence-corrected chi connectivity index (χ4v) is 2.64. The third kappa shape index (κ3) is 9.31. The first-order valence-electron chi connectivity index (χ1n) is 9.09. The Kier molecular flexibility index (Phi) is 11.1. The van der Waals surface area contributed by atoms with Crippen molar-refractivity contribution in [3.05, 3.63) is 5.82 Å². The molecule has 1 aromatic heterocycles. The number of aromatic nitrogens is 4. The number of hydrogen-bond donors (Lipinski definition) is 0. The van der Waals surface area contributed by atoms with Gasteiger partial charge in [0.1, 0.15) is 0 Å². The van der Waals surface area contributed by atoms with Crippen LogP contribution >= 0.6 is 0 Å². The minimum absolute atomic E-state index is 0.224. The fourth-order valence-electron chi connectivity index (χ4n) is 2.64. The molecule has 0 saturated carbocycles. The molecule has 0 atom stereocenters. The number of nitrogens with zero attached hydrogens (tertiary/aromatic N) is 4. The summed E-state index contributed by atoms with van der Waals surface area (Å²) in [7, 11) is 1.40. The smallest absolute Gasteiger partial charge is 0.305 e. The molecule has 6 nitrogen and oxygen atoms in total. The molecule has 1 rings (SSSR count). The molecule has 1 heterocycles. The van der Waals surface area contributed by atoms with Crippen LogP contribution in [-0.4, -0.2) is 33.3 Å². The topological polar surface area (TPSA) is 69.9 Å². The van der Waals surface area contributed by atoms with Gasteiger partial charge in [-0.1, -0.05) is 64.7 Å². The number of methoxy groups -OCH3 is 1. The molecule has 0 spiro atoms. The molecule has 1 aromatic rings.